The Kier molecular flexibility index (Phi) is 2.35. The van der Waals surface area contributed by atoms with Gasteiger partial charge in [0.25, 0.3) is 0 Å². The Balaban J connectivity index is 2.39. The third-order valence-electron chi connectivity index (χ3n) is 3.32. The smallest absolute Gasteiger partial charge is 0.174 e. The minimum absolute atomic E-state index is 0.148. The van der Waals surface area contributed by atoms with Gasteiger partial charge in [-0.15, -0.1) is 23.2 Å². The molecule has 0 spiro atoms. The van der Waals surface area contributed by atoms with Crippen LogP contribution in [0.2, 0.25) is 0 Å². The largest absolute Gasteiger partial charge is 0.363 e. The summed E-state index contributed by atoms with van der Waals surface area (Å²) in [5.41, 5.74) is 4.37. The van der Waals surface area contributed by atoms with E-state index in [4.69, 9.17) is 33.7 Å². The highest BCUT2D eigenvalue weighted by Crippen LogP contribution is 2.49. The number of hydrogen-bond acceptors (Lipinski definition) is 3. The molecule has 0 aliphatic carbocycles. The molecule has 2 saturated heterocycles. The molecule has 2 heterocycles. The lowest BCUT2D eigenvalue weighted by molar-refractivity contribution is -0.151. The van der Waals surface area contributed by atoms with Gasteiger partial charge in [-0.3, -0.25) is 4.79 Å². The van der Waals surface area contributed by atoms with Gasteiger partial charge in [0.2, 0.25) is 0 Å². The maximum atomic E-state index is 11.8. The second-order valence-corrected chi connectivity index (χ2v) is 5.18. The molecule has 2 N–H and O–H groups in total. The first-order valence-corrected chi connectivity index (χ1v) is 5.55. The Bertz CT molecular complexity index is 286. The SMILES string of the molecule is C[C@@]12CC[C@](CN)(O1)[C@H](Cl)C(=O)[C@@H]2Cl. The number of ether oxygens (including phenoxy) is 1. The summed E-state index contributed by atoms with van der Waals surface area (Å²) in [7, 11) is 0. The van der Waals surface area contributed by atoms with Gasteiger partial charge in [-0.25, -0.2) is 0 Å². The van der Waals surface area contributed by atoms with Gasteiger partial charge in [0, 0.05) is 6.54 Å². The number of rotatable bonds is 1. The summed E-state index contributed by atoms with van der Waals surface area (Å²) < 4.78 is 5.81. The van der Waals surface area contributed by atoms with Gasteiger partial charge in [0.15, 0.2) is 5.78 Å². The van der Waals surface area contributed by atoms with Crippen molar-refractivity contribution in [2.75, 3.05) is 6.54 Å². The van der Waals surface area contributed by atoms with E-state index in [1.807, 2.05) is 6.92 Å². The lowest BCUT2D eigenvalue weighted by atomic mass is 9.91. The molecule has 0 amide bonds. The van der Waals surface area contributed by atoms with Gasteiger partial charge >= 0.3 is 0 Å². The van der Waals surface area contributed by atoms with E-state index in [0.717, 1.165) is 6.42 Å². The van der Waals surface area contributed by atoms with Crippen LogP contribution in [-0.4, -0.2) is 34.3 Å². The van der Waals surface area contributed by atoms with Crippen LogP contribution in [0, 0.1) is 0 Å². The van der Waals surface area contributed by atoms with E-state index in [-0.39, 0.29) is 12.3 Å². The summed E-state index contributed by atoms with van der Waals surface area (Å²) in [6, 6.07) is 0. The summed E-state index contributed by atoms with van der Waals surface area (Å²) in [4.78, 5) is 11.8. The highest BCUT2D eigenvalue weighted by molar-refractivity contribution is 6.41. The highest BCUT2D eigenvalue weighted by atomic mass is 35.5. The van der Waals surface area contributed by atoms with Gasteiger partial charge in [0.05, 0.1) is 5.60 Å². The predicted octanol–water partition coefficient (Wildman–Crippen LogP) is 1.05. The molecule has 80 valence electrons. The van der Waals surface area contributed by atoms with Crippen molar-refractivity contribution in [2.24, 2.45) is 5.73 Å². The zero-order chi connectivity index (χ0) is 10.6. The van der Waals surface area contributed by atoms with E-state index in [2.05, 4.69) is 0 Å². The number of fused-ring (bicyclic) bond motifs is 2. The van der Waals surface area contributed by atoms with Crippen molar-refractivity contribution in [3.63, 3.8) is 0 Å². The molecule has 0 aromatic heterocycles. The molecule has 2 fully saturated rings. The quantitative estimate of drug-likeness (QED) is 0.694. The second kappa shape index (κ2) is 3.08. The molecule has 4 atom stereocenters. The summed E-state index contributed by atoms with van der Waals surface area (Å²) >= 11 is 12.0. The molecule has 2 aliphatic heterocycles. The average Bonchev–Trinajstić information content (AvgIpc) is 2.52. The van der Waals surface area contributed by atoms with Gasteiger partial charge in [-0.1, -0.05) is 0 Å². The zero-order valence-electron chi connectivity index (χ0n) is 7.93. The summed E-state index contributed by atoms with van der Waals surface area (Å²) in [5.74, 6) is -0.148. The van der Waals surface area contributed by atoms with Crippen molar-refractivity contribution in [1.82, 2.24) is 0 Å². The number of Topliss-reactive ketones (excluding diaryl/α,β-unsaturated/α-hetero) is 1. The van der Waals surface area contributed by atoms with Gasteiger partial charge in [0.1, 0.15) is 16.4 Å². The van der Waals surface area contributed by atoms with E-state index in [0.29, 0.717) is 6.42 Å². The third-order valence-corrected chi connectivity index (χ3v) is 4.61. The lowest BCUT2D eigenvalue weighted by Gasteiger charge is -2.42. The van der Waals surface area contributed by atoms with Gasteiger partial charge in [-0.2, -0.15) is 0 Å². The standard InChI is InChI=1S/C9H13Cl2NO2/c1-8-2-3-9(4-12,14-8)7(11)5(13)6(8)10/h6-7H,2-4,12H2,1H3/t6-,7+,8-,9+/m0/s1. The minimum Gasteiger partial charge on any atom is -0.363 e. The second-order valence-electron chi connectivity index (χ2n) is 4.31. The van der Waals surface area contributed by atoms with E-state index in [1.165, 1.54) is 0 Å². The van der Waals surface area contributed by atoms with Crippen LogP contribution < -0.4 is 5.73 Å². The molecule has 0 aromatic rings. The normalized spacial score (nSPS) is 52.4. The molecule has 0 radical (unpaired) electrons. The van der Waals surface area contributed by atoms with E-state index in [9.17, 15) is 4.79 Å². The van der Waals surface area contributed by atoms with Crippen LogP contribution in [0.4, 0.5) is 0 Å². The monoisotopic (exact) mass is 237 g/mol. The summed E-state index contributed by atoms with van der Waals surface area (Å²) in [6.07, 6.45) is 1.45. The average molecular weight is 238 g/mol. The fourth-order valence-corrected chi connectivity index (χ4v) is 3.03. The molecule has 0 unspecified atom stereocenters. The first-order valence-electron chi connectivity index (χ1n) is 4.67. The Morgan fingerprint density at radius 3 is 2.71 bits per heavy atom. The maximum absolute atomic E-state index is 11.8. The topological polar surface area (TPSA) is 52.3 Å². The molecular weight excluding hydrogens is 225 g/mol. The first kappa shape index (κ1) is 10.7. The van der Waals surface area contributed by atoms with Crippen molar-refractivity contribution in [3.05, 3.63) is 0 Å². The number of nitrogens with two attached hydrogens (primary N) is 1. The predicted molar refractivity (Wildman–Crippen MR) is 54.8 cm³/mol. The van der Waals surface area contributed by atoms with E-state index in [1.54, 1.807) is 0 Å². The molecule has 0 saturated carbocycles. The van der Waals surface area contributed by atoms with Crippen molar-refractivity contribution in [1.29, 1.82) is 0 Å². The molecule has 0 aromatic carbocycles. The number of ketones is 1. The van der Waals surface area contributed by atoms with Gasteiger partial charge in [-0.05, 0) is 19.8 Å². The molecule has 3 nitrogen and oxygen atoms in total. The molecule has 2 aliphatic rings. The number of alkyl halides is 2. The Morgan fingerprint density at radius 1 is 1.50 bits per heavy atom. The molecule has 14 heavy (non-hydrogen) atoms. The van der Waals surface area contributed by atoms with E-state index < -0.39 is 22.0 Å². The van der Waals surface area contributed by atoms with Crippen molar-refractivity contribution < 1.29 is 9.53 Å². The number of hydrogen-bond donors (Lipinski definition) is 1. The van der Waals surface area contributed by atoms with Crippen LogP contribution in [0.3, 0.4) is 0 Å². The van der Waals surface area contributed by atoms with Crippen molar-refractivity contribution in [2.45, 2.75) is 41.7 Å². The Labute approximate surface area is 92.9 Å². The van der Waals surface area contributed by atoms with E-state index >= 15 is 0 Å². The summed E-state index contributed by atoms with van der Waals surface area (Å²) in [5, 5.41) is -1.35. The fraction of sp³-hybridized carbons (Fsp3) is 0.889. The maximum Gasteiger partial charge on any atom is 0.174 e. The van der Waals surface area contributed by atoms with Crippen LogP contribution in [-0.2, 0) is 9.53 Å². The van der Waals surface area contributed by atoms with Crippen LogP contribution in [0.1, 0.15) is 19.8 Å². The van der Waals surface area contributed by atoms with Crippen molar-refractivity contribution >= 4 is 29.0 Å². The van der Waals surface area contributed by atoms with Crippen molar-refractivity contribution in [3.8, 4) is 0 Å². The number of carbonyl (C=O) groups excluding carboxylic acids is 1. The third kappa shape index (κ3) is 1.16. The fourth-order valence-electron chi connectivity index (χ4n) is 2.32. The molecule has 5 heteroatoms. The van der Waals surface area contributed by atoms with Crippen LogP contribution in [0.5, 0.6) is 0 Å². The molecular formula is C9H13Cl2NO2. The van der Waals surface area contributed by atoms with Crippen LogP contribution in [0.15, 0.2) is 0 Å². The molecule has 2 bridgehead atoms. The Hall–Kier alpha value is 0.170. The van der Waals surface area contributed by atoms with Crippen LogP contribution in [0.25, 0.3) is 0 Å². The first-order chi connectivity index (χ1) is 6.45. The summed E-state index contributed by atoms with van der Waals surface area (Å²) in [6.45, 7) is 2.12. The number of carbonyl (C=O) groups is 1. The van der Waals surface area contributed by atoms with Crippen LogP contribution >= 0.6 is 23.2 Å². The minimum atomic E-state index is -0.703. The number of halogens is 2. The lowest BCUT2D eigenvalue weighted by Crippen LogP contribution is -2.60. The zero-order valence-corrected chi connectivity index (χ0v) is 9.44. The Morgan fingerprint density at radius 2 is 2.14 bits per heavy atom. The van der Waals surface area contributed by atoms with Gasteiger partial charge < -0.3 is 10.5 Å². The molecule has 2 rings (SSSR count). The highest BCUT2D eigenvalue weighted by Gasteiger charge is 2.62.